The number of aromatic nitrogens is 4. The summed E-state index contributed by atoms with van der Waals surface area (Å²) in [6.45, 7) is 7.39. The van der Waals surface area contributed by atoms with E-state index in [1.54, 1.807) is 23.1 Å². The van der Waals surface area contributed by atoms with Crippen molar-refractivity contribution in [3.05, 3.63) is 63.4 Å². The first kappa shape index (κ1) is 23.0. The molecule has 0 aliphatic carbocycles. The predicted octanol–water partition coefficient (Wildman–Crippen LogP) is 6.29. The van der Waals surface area contributed by atoms with Gasteiger partial charge in [-0.15, -0.1) is 21.5 Å². The van der Waals surface area contributed by atoms with Crippen molar-refractivity contribution in [2.24, 2.45) is 0 Å². The topological polar surface area (TPSA) is 71.3 Å². The van der Waals surface area contributed by atoms with E-state index < -0.39 is 0 Å². The zero-order valence-electron chi connectivity index (χ0n) is 19.0. The number of benzene rings is 2. The standard InChI is InChI=1S/C24H23ClN4O3S2/c1-4-29-21(10-30-18-7-14(2)22(25)15(3)8-18)27-28-24(29)34-12-17-11-33-23(26-17)16-5-6-19-20(9-16)32-13-31-19/h5-9,11H,4,10,12-13H2,1-3H3. The number of thiazole rings is 1. The van der Waals surface area contributed by atoms with Crippen molar-refractivity contribution in [1.82, 2.24) is 19.7 Å². The SMILES string of the molecule is CCn1c(COc2cc(C)c(Cl)c(C)c2)nnc1SCc1csc(-c2ccc3c(c2)OCO3)n1. The Morgan fingerprint density at radius 2 is 1.91 bits per heavy atom. The van der Waals surface area contributed by atoms with Gasteiger partial charge in [0, 0.05) is 28.3 Å². The second kappa shape index (κ2) is 9.85. The van der Waals surface area contributed by atoms with Gasteiger partial charge in [-0.1, -0.05) is 23.4 Å². The van der Waals surface area contributed by atoms with Crippen molar-refractivity contribution in [1.29, 1.82) is 0 Å². The minimum atomic E-state index is 0.267. The summed E-state index contributed by atoms with van der Waals surface area (Å²) < 4.78 is 18.9. The number of hydrogen-bond donors (Lipinski definition) is 0. The first-order valence-corrected chi connectivity index (χ1v) is 13.0. The van der Waals surface area contributed by atoms with Crippen molar-refractivity contribution >= 4 is 34.7 Å². The van der Waals surface area contributed by atoms with Crippen LogP contribution in [0.1, 0.15) is 29.6 Å². The van der Waals surface area contributed by atoms with Crippen LogP contribution in [-0.4, -0.2) is 26.5 Å². The van der Waals surface area contributed by atoms with Crippen LogP contribution >= 0.6 is 34.7 Å². The van der Waals surface area contributed by atoms with Crippen LogP contribution in [0.15, 0.2) is 40.9 Å². The van der Waals surface area contributed by atoms with Crippen LogP contribution in [0.2, 0.25) is 5.02 Å². The molecule has 0 fully saturated rings. The lowest BCUT2D eigenvalue weighted by Gasteiger charge is -2.11. The summed E-state index contributed by atoms with van der Waals surface area (Å²) in [7, 11) is 0. The fraction of sp³-hybridized carbons (Fsp3) is 0.292. The zero-order valence-corrected chi connectivity index (χ0v) is 21.4. The number of fused-ring (bicyclic) bond motifs is 1. The number of aryl methyl sites for hydroxylation is 2. The summed E-state index contributed by atoms with van der Waals surface area (Å²) in [5, 5.41) is 13.4. The summed E-state index contributed by atoms with van der Waals surface area (Å²) in [5.41, 5.74) is 4.01. The lowest BCUT2D eigenvalue weighted by molar-refractivity contribution is 0.174. The van der Waals surface area contributed by atoms with Gasteiger partial charge in [-0.3, -0.25) is 0 Å². The van der Waals surface area contributed by atoms with Crippen molar-refractivity contribution in [2.75, 3.05) is 6.79 Å². The summed E-state index contributed by atoms with van der Waals surface area (Å²) in [5.74, 6) is 3.80. The number of thioether (sulfide) groups is 1. The average Bonchev–Trinajstić information content (AvgIpc) is 3.58. The molecule has 7 nitrogen and oxygen atoms in total. The molecule has 1 aliphatic heterocycles. The number of rotatable bonds is 8. The Balaban J connectivity index is 1.24. The Morgan fingerprint density at radius 1 is 1.12 bits per heavy atom. The fourth-order valence-electron chi connectivity index (χ4n) is 3.66. The van der Waals surface area contributed by atoms with E-state index >= 15 is 0 Å². The van der Waals surface area contributed by atoms with Gasteiger partial charge < -0.3 is 18.8 Å². The minimum Gasteiger partial charge on any atom is -0.486 e. The number of halogens is 1. The van der Waals surface area contributed by atoms with Crippen LogP contribution in [0.3, 0.4) is 0 Å². The van der Waals surface area contributed by atoms with E-state index in [4.69, 9.17) is 30.8 Å². The normalized spacial score (nSPS) is 12.4. The maximum Gasteiger partial charge on any atom is 0.231 e. The molecule has 0 spiro atoms. The van der Waals surface area contributed by atoms with E-state index in [9.17, 15) is 0 Å². The Kier molecular flexibility index (Phi) is 6.67. The molecule has 10 heteroatoms. The highest BCUT2D eigenvalue weighted by atomic mass is 35.5. The first-order chi connectivity index (χ1) is 16.5. The molecule has 0 amide bonds. The molecule has 5 rings (SSSR count). The van der Waals surface area contributed by atoms with Crippen LogP contribution < -0.4 is 14.2 Å². The fourth-order valence-corrected chi connectivity index (χ4v) is 5.61. The van der Waals surface area contributed by atoms with E-state index in [0.29, 0.717) is 12.4 Å². The van der Waals surface area contributed by atoms with Crippen LogP contribution in [0, 0.1) is 13.8 Å². The highest BCUT2D eigenvalue weighted by Crippen LogP contribution is 2.37. The third kappa shape index (κ3) is 4.73. The summed E-state index contributed by atoms with van der Waals surface area (Å²) in [6.07, 6.45) is 0. The van der Waals surface area contributed by atoms with Gasteiger partial charge in [0.2, 0.25) is 6.79 Å². The molecule has 3 heterocycles. The molecule has 0 unspecified atom stereocenters. The van der Waals surface area contributed by atoms with Crippen molar-refractivity contribution < 1.29 is 14.2 Å². The Morgan fingerprint density at radius 3 is 2.71 bits per heavy atom. The van der Waals surface area contributed by atoms with Crippen LogP contribution in [-0.2, 0) is 18.9 Å². The van der Waals surface area contributed by atoms with Gasteiger partial charge in [-0.2, -0.15) is 0 Å². The van der Waals surface area contributed by atoms with Crippen molar-refractivity contribution in [3.63, 3.8) is 0 Å². The molecule has 4 aromatic rings. The highest BCUT2D eigenvalue weighted by molar-refractivity contribution is 7.98. The maximum absolute atomic E-state index is 6.26. The van der Waals surface area contributed by atoms with Gasteiger partial charge in [0.15, 0.2) is 22.5 Å². The lowest BCUT2D eigenvalue weighted by Crippen LogP contribution is -2.07. The van der Waals surface area contributed by atoms with Crippen LogP contribution in [0.25, 0.3) is 10.6 Å². The Bertz CT molecular complexity index is 1310. The van der Waals surface area contributed by atoms with E-state index in [2.05, 4.69) is 27.1 Å². The van der Waals surface area contributed by atoms with Gasteiger partial charge >= 0.3 is 0 Å². The Hall–Kier alpha value is -2.75. The molecule has 0 bridgehead atoms. The third-order valence-electron chi connectivity index (χ3n) is 5.41. The maximum atomic E-state index is 6.26. The molecule has 2 aromatic heterocycles. The van der Waals surface area contributed by atoms with Crippen molar-refractivity contribution in [2.45, 2.75) is 44.8 Å². The van der Waals surface area contributed by atoms with E-state index in [0.717, 1.165) is 67.2 Å². The molecule has 0 saturated heterocycles. The molecule has 0 saturated carbocycles. The number of ether oxygens (including phenoxy) is 3. The second-order valence-electron chi connectivity index (χ2n) is 7.80. The van der Waals surface area contributed by atoms with Gasteiger partial charge in [0.05, 0.1) is 5.69 Å². The predicted molar refractivity (Wildman–Crippen MR) is 134 cm³/mol. The largest absolute Gasteiger partial charge is 0.486 e. The third-order valence-corrected chi connectivity index (χ3v) is 7.94. The summed E-state index contributed by atoms with van der Waals surface area (Å²) in [6, 6.07) is 9.79. The number of nitrogens with zero attached hydrogens (tertiary/aromatic N) is 4. The average molecular weight is 515 g/mol. The van der Waals surface area contributed by atoms with E-state index in [1.165, 1.54) is 0 Å². The van der Waals surface area contributed by atoms with Gasteiger partial charge in [0.1, 0.15) is 17.4 Å². The minimum absolute atomic E-state index is 0.267. The van der Waals surface area contributed by atoms with E-state index in [1.807, 2.05) is 44.2 Å². The molecular formula is C24H23ClN4O3S2. The first-order valence-electron chi connectivity index (χ1n) is 10.8. The summed E-state index contributed by atoms with van der Waals surface area (Å²) in [4.78, 5) is 4.79. The monoisotopic (exact) mass is 514 g/mol. The lowest BCUT2D eigenvalue weighted by atomic mass is 10.1. The highest BCUT2D eigenvalue weighted by Gasteiger charge is 2.17. The van der Waals surface area contributed by atoms with Gasteiger partial charge in [0.25, 0.3) is 0 Å². The van der Waals surface area contributed by atoms with Gasteiger partial charge in [-0.05, 0) is 62.2 Å². The molecular weight excluding hydrogens is 492 g/mol. The van der Waals surface area contributed by atoms with E-state index in [-0.39, 0.29) is 6.79 Å². The molecule has 176 valence electrons. The van der Waals surface area contributed by atoms with Crippen molar-refractivity contribution in [3.8, 4) is 27.8 Å². The quantitative estimate of drug-likeness (QED) is 0.256. The molecule has 1 aliphatic rings. The molecule has 34 heavy (non-hydrogen) atoms. The molecule has 0 radical (unpaired) electrons. The van der Waals surface area contributed by atoms with Crippen LogP contribution in [0.4, 0.5) is 0 Å². The smallest absolute Gasteiger partial charge is 0.231 e. The van der Waals surface area contributed by atoms with Gasteiger partial charge in [-0.25, -0.2) is 4.98 Å². The van der Waals surface area contributed by atoms with Crippen LogP contribution in [0.5, 0.6) is 17.2 Å². The number of hydrogen-bond acceptors (Lipinski definition) is 8. The molecule has 2 aromatic carbocycles. The molecule has 0 atom stereocenters. The Labute approximate surface area is 211 Å². The second-order valence-corrected chi connectivity index (χ2v) is 9.98. The zero-order chi connectivity index (χ0) is 23.7. The molecule has 0 N–H and O–H groups in total. The summed E-state index contributed by atoms with van der Waals surface area (Å²) >= 11 is 9.49.